The van der Waals surface area contributed by atoms with Gasteiger partial charge < -0.3 is 44.7 Å². The number of methoxy groups -OCH3 is 2. The van der Waals surface area contributed by atoms with Gasteiger partial charge in [0.25, 0.3) is 5.91 Å². The van der Waals surface area contributed by atoms with Gasteiger partial charge in [-0.25, -0.2) is 22.0 Å². The Bertz CT molecular complexity index is 1820. The fraction of sp³-hybridized carbons (Fsp3) is 0.500. The first kappa shape index (κ1) is 38.9. The van der Waals surface area contributed by atoms with Crippen LogP contribution in [0.4, 0.5) is 36.6 Å². The third-order valence-electron chi connectivity index (χ3n) is 8.74. The van der Waals surface area contributed by atoms with Gasteiger partial charge in [-0.1, -0.05) is 0 Å². The van der Waals surface area contributed by atoms with Crippen molar-refractivity contribution in [3.05, 3.63) is 59.2 Å². The van der Waals surface area contributed by atoms with Crippen LogP contribution in [-0.2, 0) is 35.2 Å². The lowest BCUT2D eigenvalue weighted by molar-refractivity contribution is 0.0419. The summed E-state index contributed by atoms with van der Waals surface area (Å²) in [6.45, 7) is 6.09. The number of halogens is 2. The summed E-state index contributed by atoms with van der Waals surface area (Å²) < 4.78 is 77.1. The van der Waals surface area contributed by atoms with Crippen LogP contribution >= 0.6 is 0 Å². The number of fused-ring (bicyclic) bond motifs is 1. The molecule has 284 valence electrons. The zero-order valence-electron chi connectivity index (χ0n) is 29.6. The molecule has 15 nitrogen and oxygen atoms in total. The molecular formula is C34H45F2N7O8S. The van der Waals surface area contributed by atoms with Gasteiger partial charge in [0.15, 0.2) is 15.7 Å². The minimum Gasteiger partial charge on any atom is -0.445 e. The van der Waals surface area contributed by atoms with Crippen molar-refractivity contribution in [2.45, 2.75) is 29.5 Å². The van der Waals surface area contributed by atoms with Crippen molar-refractivity contribution in [2.24, 2.45) is 0 Å². The van der Waals surface area contributed by atoms with Gasteiger partial charge in [0, 0.05) is 76.0 Å². The number of ether oxygens (including phenoxy) is 4. The van der Waals surface area contributed by atoms with Gasteiger partial charge in [0.2, 0.25) is 0 Å². The van der Waals surface area contributed by atoms with Crippen molar-refractivity contribution in [3.63, 3.8) is 0 Å². The van der Waals surface area contributed by atoms with E-state index in [4.69, 9.17) is 18.9 Å². The summed E-state index contributed by atoms with van der Waals surface area (Å²) in [6, 6.07) is 7.36. The molecule has 5 rings (SSSR count). The quantitative estimate of drug-likeness (QED) is 0.195. The minimum atomic E-state index is -4.29. The Morgan fingerprint density at radius 2 is 1.71 bits per heavy atom. The second-order valence-electron chi connectivity index (χ2n) is 12.6. The number of hydrogen-bond donors (Lipinski definition) is 3. The van der Waals surface area contributed by atoms with E-state index < -0.39 is 43.6 Å². The standard InChI is InChI=1S/C34H45F2N7O8S/c1-22(21-49-4)38-30-18-25(42-9-7-41(2)8-10-42)5-6-28(30)33(44)39-31-29-19-27(52(46,47)26-16-23(35)15-24(36)17-26)20-37-32(29)43(40-31)34(45)51-14-13-50-12-11-48-3/h5-6,15-18,22,27,37-38H,7-14,19-21H2,1-4H3,(H,39,40,44)/t22?,27-/m1/s1. The molecule has 1 saturated heterocycles. The predicted molar refractivity (Wildman–Crippen MR) is 190 cm³/mol. The number of nitrogens with one attached hydrogen (secondary N) is 3. The SMILES string of the molecule is COCCOCCOC(=O)n1nc(NC(=O)c2ccc(N3CCN(C)CC3)cc2NC(C)COC)c2c1NC[C@H](S(=O)(=O)c1cc(F)cc(F)c1)C2. The Labute approximate surface area is 301 Å². The summed E-state index contributed by atoms with van der Waals surface area (Å²) in [6.07, 6.45) is -1.15. The number of piperazine rings is 1. The second kappa shape index (κ2) is 17.4. The van der Waals surface area contributed by atoms with E-state index in [0.29, 0.717) is 31.6 Å². The molecule has 0 radical (unpaired) electrons. The number of carbonyl (C=O) groups is 2. The molecule has 1 amide bonds. The highest BCUT2D eigenvalue weighted by Crippen LogP contribution is 2.34. The molecule has 2 aromatic carbocycles. The second-order valence-corrected chi connectivity index (χ2v) is 14.9. The van der Waals surface area contributed by atoms with Gasteiger partial charge in [-0.15, -0.1) is 9.78 Å². The molecule has 3 heterocycles. The predicted octanol–water partition coefficient (Wildman–Crippen LogP) is 3.07. The maximum atomic E-state index is 14.1. The van der Waals surface area contributed by atoms with Crippen LogP contribution in [0.1, 0.15) is 22.8 Å². The number of sulfone groups is 1. The molecule has 3 N–H and O–H groups in total. The average Bonchev–Trinajstić information content (AvgIpc) is 3.47. The van der Waals surface area contributed by atoms with Crippen molar-refractivity contribution in [2.75, 3.05) is 108 Å². The molecule has 1 aromatic heterocycles. The summed E-state index contributed by atoms with van der Waals surface area (Å²) in [7, 11) is 0.885. The molecule has 52 heavy (non-hydrogen) atoms. The lowest BCUT2D eigenvalue weighted by Gasteiger charge is -2.34. The van der Waals surface area contributed by atoms with Crippen molar-refractivity contribution < 1.29 is 45.7 Å². The molecule has 2 aliphatic rings. The third-order valence-corrected chi connectivity index (χ3v) is 10.8. The van der Waals surface area contributed by atoms with Gasteiger partial charge in [-0.2, -0.15) is 0 Å². The van der Waals surface area contributed by atoms with Crippen LogP contribution in [-0.4, -0.2) is 133 Å². The number of carbonyl (C=O) groups excluding carboxylic acids is 2. The zero-order valence-corrected chi connectivity index (χ0v) is 30.4. The monoisotopic (exact) mass is 749 g/mol. The molecule has 18 heteroatoms. The van der Waals surface area contributed by atoms with E-state index in [0.717, 1.165) is 48.7 Å². The van der Waals surface area contributed by atoms with E-state index in [2.05, 4.69) is 37.9 Å². The average molecular weight is 750 g/mol. The Kier molecular flexibility index (Phi) is 13.0. The lowest BCUT2D eigenvalue weighted by atomic mass is 10.1. The Morgan fingerprint density at radius 1 is 1.00 bits per heavy atom. The molecule has 0 bridgehead atoms. The van der Waals surface area contributed by atoms with Crippen LogP contribution < -0.4 is 20.9 Å². The first-order valence-electron chi connectivity index (χ1n) is 16.8. The number of nitrogens with zero attached hydrogens (tertiary/aromatic N) is 4. The number of anilines is 4. The maximum Gasteiger partial charge on any atom is 0.436 e. The van der Waals surface area contributed by atoms with Crippen LogP contribution in [0.2, 0.25) is 0 Å². The molecule has 0 saturated carbocycles. The topological polar surface area (TPSA) is 166 Å². The fourth-order valence-electron chi connectivity index (χ4n) is 6.01. The van der Waals surface area contributed by atoms with E-state index >= 15 is 0 Å². The van der Waals surface area contributed by atoms with Crippen LogP contribution in [0.15, 0.2) is 41.3 Å². The van der Waals surface area contributed by atoms with Crippen molar-refractivity contribution >= 4 is 44.8 Å². The molecule has 1 unspecified atom stereocenters. The molecule has 0 spiro atoms. The van der Waals surface area contributed by atoms with E-state index in [9.17, 15) is 26.8 Å². The fourth-order valence-corrected chi connectivity index (χ4v) is 7.64. The lowest BCUT2D eigenvalue weighted by Crippen LogP contribution is -2.44. The molecule has 3 aromatic rings. The Balaban J connectivity index is 1.45. The van der Waals surface area contributed by atoms with E-state index in [1.165, 1.54) is 7.11 Å². The van der Waals surface area contributed by atoms with Gasteiger partial charge in [-0.3, -0.25) is 4.79 Å². The minimum absolute atomic E-state index is 0.0848. The summed E-state index contributed by atoms with van der Waals surface area (Å²) in [4.78, 5) is 31.2. The van der Waals surface area contributed by atoms with Crippen molar-refractivity contribution in [3.8, 4) is 0 Å². The summed E-state index contributed by atoms with van der Waals surface area (Å²) in [5, 5.41) is 12.2. The first-order valence-corrected chi connectivity index (χ1v) is 18.4. The molecule has 0 aliphatic carbocycles. The zero-order chi connectivity index (χ0) is 37.4. The first-order chi connectivity index (χ1) is 24.9. The summed E-state index contributed by atoms with van der Waals surface area (Å²) >= 11 is 0. The number of likely N-dealkylation sites (N-methyl/N-ethyl adjacent to an activating group) is 1. The van der Waals surface area contributed by atoms with Gasteiger partial charge in [0.1, 0.15) is 24.1 Å². The number of benzene rings is 2. The van der Waals surface area contributed by atoms with Crippen LogP contribution in [0, 0.1) is 11.6 Å². The highest BCUT2D eigenvalue weighted by molar-refractivity contribution is 7.92. The number of aromatic nitrogens is 2. The highest BCUT2D eigenvalue weighted by Gasteiger charge is 2.37. The molecule has 1 fully saturated rings. The number of amides is 1. The van der Waals surface area contributed by atoms with E-state index in [1.54, 1.807) is 13.2 Å². The molecular weight excluding hydrogens is 704 g/mol. The molecule has 2 aliphatic heterocycles. The normalized spacial score (nSPS) is 16.9. The van der Waals surface area contributed by atoms with Crippen molar-refractivity contribution in [1.82, 2.24) is 14.7 Å². The number of hydrogen-bond acceptors (Lipinski definition) is 13. The third kappa shape index (κ3) is 9.35. The largest absolute Gasteiger partial charge is 0.445 e. The smallest absolute Gasteiger partial charge is 0.436 e. The maximum absolute atomic E-state index is 14.1. The molecule has 2 atom stereocenters. The van der Waals surface area contributed by atoms with Crippen LogP contribution in [0.3, 0.4) is 0 Å². The van der Waals surface area contributed by atoms with Gasteiger partial charge in [-0.05, 0) is 50.7 Å². The van der Waals surface area contributed by atoms with E-state index in [1.807, 2.05) is 19.1 Å². The Hall–Kier alpha value is -4.36. The summed E-state index contributed by atoms with van der Waals surface area (Å²) in [5.41, 5.74) is 1.92. The van der Waals surface area contributed by atoms with Crippen molar-refractivity contribution in [1.29, 1.82) is 0 Å². The highest BCUT2D eigenvalue weighted by atomic mass is 32.2. The number of rotatable bonds is 15. The summed E-state index contributed by atoms with van der Waals surface area (Å²) in [5.74, 6) is -2.65. The van der Waals surface area contributed by atoms with E-state index in [-0.39, 0.29) is 55.0 Å². The Morgan fingerprint density at radius 3 is 2.40 bits per heavy atom. The van der Waals surface area contributed by atoms with Crippen LogP contribution in [0.5, 0.6) is 0 Å². The van der Waals surface area contributed by atoms with Gasteiger partial charge >= 0.3 is 6.09 Å². The van der Waals surface area contributed by atoms with Crippen LogP contribution in [0.25, 0.3) is 0 Å². The van der Waals surface area contributed by atoms with Gasteiger partial charge in [0.05, 0.1) is 42.1 Å².